The number of aliphatic hydroxyl groups is 1. The average Bonchev–Trinajstić information content (AvgIpc) is 2.58. The van der Waals surface area contributed by atoms with E-state index in [1.54, 1.807) is 6.20 Å². The van der Waals surface area contributed by atoms with Crippen molar-refractivity contribution < 1.29 is 9.84 Å². The predicted molar refractivity (Wildman–Crippen MR) is 104 cm³/mol. The summed E-state index contributed by atoms with van der Waals surface area (Å²) in [5, 5.41) is 9.84. The van der Waals surface area contributed by atoms with Crippen LogP contribution in [0.15, 0.2) is 36.5 Å². The van der Waals surface area contributed by atoms with Crippen molar-refractivity contribution in [2.24, 2.45) is 0 Å². The minimum absolute atomic E-state index is 0.0466. The van der Waals surface area contributed by atoms with E-state index in [9.17, 15) is 5.11 Å². The minimum atomic E-state index is -0.461. The zero-order valence-corrected chi connectivity index (χ0v) is 16.3. The average molecular weight is 349 g/mol. The van der Waals surface area contributed by atoms with Crippen LogP contribution in [0.3, 0.4) is 0 Å². The topological polar surface area (TPSA) is 42.4 Å². The normalized spacial score (nSPS) is 18.1. The molecular formula is C23H27NO2. The van der Waals surface area contributed by atoms with Crippen molar-refractivity contribution in [3.05, 3.63) is 58.9 Å². The lowest BCUT2D eigenvalue weighted by atomic mass is 9.73. The lowest BCUT2D eigenvalue weighted by Crippen LogP contribution is -2.41. The molecule has 0 aliphatic carbocycles. The summed E-state index contributed by atoms with van der Waals surface area (Å²) in [6.45, 7) is 10.7. The standard InChI is InChI=1S/C23H27NO2/c1-6-20(25)17-9-11-18(24-14-17)10-7-16-8-12-21-19(13-16)22(2,3)15-23(4,5)26-21/h8-9,11-14,20,25H,6,15H2,1-5H3. The summed E-state index contributed by atoms with van der Waals surface area (Å²) in [6.07, 6.45) is 2.88. The molecule has 136 valence electrons. The predicted octanol–water partition coefficient (Wildman–Crippen LogP) is 4.76. The van der Waals surface area contributed by atoms with Gasteiger partial charge in [-0.25, -0.2) is 4.98 Å². The lowest BCUT2D eigenvalue weighted by Gasteiger charge is -2.42. The highest BCUT2D eigenvalue weighted by Crippen LogP contribution is 2.44. The highest BCUT2D eigenvalue weighted by atomic mass is 16.5. The summed E-state index contributed by atoms with van der Waals surface area (Å²) in [7, 11) is 0. The van der Waals surface area contributed by atoms with E-state index in [0.717, 1.165) is 23.3 Å². The molecule has 0 saturated carbocycles. The molecule has 0 radical (unpaired) electrons. The molecule has 0 bridgehead atoms. The molecule has 2 aromatic rings. The van der Waals surface area contributed by atoms with Gasteiger partial charge in [-0.2, -0.15) is 0 Å². The molecule has 0 fully saturated rings. The molecular weight excluding hydrogens is 322 g/mol. The molecule has 26 heavy (non-hydrogen) atoms. The second kappa shape index (κ2) is 6.78. The molecule has 1 aromatic carbocycles. The SMILES string of the molecule is CCC(O)c1ccc(C#Cc2ccc3c(c2)C(C)(C)CC(C)(C)O3)nc1. The van der Waals surface area contributed by atoms with Gasteiger partial charge in [0.15, 0.2) is 0 Å². The highest BCUT2D eigenvalue weighted by Gasteiger charge is 2.38. The first-order chi connectivity index (χ1) is 12.2. The third-order valence-electron chi connectivity index (χ3n) is 4.86. The van der Waals surface area contributed by atoms with Gasteiger partial charge in [-0.05, 0) is 67.9 Å². The van der Waals surface area contributed by atoms with Gasteiger partial charge < -0.3 is 9.84 Å². The zero-order valence-electron chi connectivity index (χ0n) is 16.3. The molecule has 3 nitrogen and oxygen atoms in total. The van der Waals surface area contributed by atoms with E-state index in [0.29, 0.717) is 12.1 Å². The Bertz CT molecular complexity index is 854. The van der Waals surface area contributed by atoms with Crippen LogP contribution >= 0.6 is 0 Å². The first-order valence-corrected chi connectivity index (χ1v) is 9.20. The van der Waals surface area contributed by atoms with Crippen molar-refractivity contribution in [2.75, 3.05) is 0 Å². The van der Waals surface area contributed by atoms with Gasteiger partial charge in [-0.15, -0.1) is 0 Å². The van der Waals surface area contributed by atoms with Crippen LogP contribution in [0, 0.1) is 11.8 Å². The number of pyridine rings is 1. The monoisotopic (exact) mass is 349 g/mol. The fourth-order valence-electron chi connectivity index (χ4n) is 3.77. The van der Waals surface area contributed by atoms with E-state index in [-0.39, 0.29) is 11.0 Å². The Kier molecular flexibility index (Phi) is 4.82. The van der Waals surface area contributed by atoms with E-state index in [4.69, 9.17) is 4.74 Å². The Balaban J connectivity index is 1.86. The molecule has 1 aliphatic heterocycles. The van der Waals surface area contributed by atoms with Crippen molar-refractivity contribution >= 4 is 0 Å². The van der Waals surface area contributed by atoms with E-state index < -0.39 is 6.10 Å². The summed E-state index contributed by atoms with van der Waals surface area (Å²) in [5.41, 5.74) is 3.58. The Morgan fingerprint density at radius 3 is 2.58 bits per heavy atom. The van der Waals surface area contributed by atoms with E-state index in [2.05, 4.69) is 50.6 Å². The van der Waals surface area contributed by atoms with Crippen LogP contribution in [-0.4, -0.2) is 15.7 Å². The Hall–Kier alpha value is -2.31. The molecule has 3 rings (SSSR count). The first-order valence-electron chi connectivity index (χ1n) is 9.20. The fourth-order valence-corrected chi connectivity index (χ4v) is 3.77. The largest absolute Gasteiger partial charge is 0.488 e. The number of aliphatic hydroxyl groups excluding tert-OH is 1. The van der Waals surface area contributed by atoms with Crippen LogP contribution in [-0.2, 0) is 5.41 Å². The van der Waals surface area contributed by atoms with Gasteiger partial charge >= 0.3 is 0 Å². The van der Waals surface area contributed by atoms with Crippen LogP contribution < -0.4 is 4.74 Å². The Morgan fingerprint density at radius 1 is 1.15 bits per heavy atom. The van der Waals surface area contributed by atoms with Crippen LogP contribution in [0.2, 0.25) is 0 Å². The summed E-state index contributed by atoms with van der Waals surface area (Å²) in [5.74, 6) is 7.27. The minimum Gasteiger partial charge on any atom is -0.488 e. The number of benzene rings is 1. The van der Waals surface area contributed by atoms with Crippen molar-refractivity contribution in [1.82, 2.24) is 4.98 Å². The second-order valence-electron chi connectivity index (χ2n) is 8.28. The number of hydrogen-bond acceptors (Lipinski definition) is 3. The van der Waals surface area contributed by atoms with Crippen LogP contribution in [0.4, 0.5) is 0 Å². The maximum Gasteiger partial charge on any atom is 0.123 e. The first kappa shape index (κ1) is 18.5. The molecule has 2 heterocycles. The number of hydrogen-bond donors (Lipinski definition) is 1. The summed E-state index contributed by atoms with van der Waals surface area (Å²) >= 11 is 0. The molecule has 0 spiro atoms. The number of fused-ring (bicyclic) bond motifs is 1. The van der Waals surface area contributed by atoms with Crippen molar-refractivity contribution in [3.8, 4) is 17.6 Å². The van der Waals surface area contributed by atoms with Crippen LogP contribution in [0.5, 0.6) is 5.75 Å². The molecule has 1 unspecified atom stereocenters. The van der Waals surface area contributed by atoms with Gasteiger partial charge in [0, 0.05) is 17.3 Å². The molecule has 1 aromatic heterocycles. The number of aromatic nitrogens is 1. The third-order valence-corrected chi connectivity index (χ3v) is 4.86. The van der Waals surface area contributed by atoms with Crippen LogP contribution in [0.25, 0.3) is 0 Å². The van der Waals surface area contributed by atoms with Gasteiger partial charge in [0.25, 0.3) is 0 Å². The molecule has 1 atom stereocenters. The van der Waals surface area contributed by atoms with E-state index in [1.165, 1.54) is 5.56 Å². The molecule has 1 aliphatic rings. The summed E-state index contributed by atoms with van der Waals surface area (Å²) < 4.78 is 6.13. The van der Waals surface area contributed by atoms with Gasteiger partial charge in [0.05, 0.1) is 6.10 Å². The van der Waals surface area contributed by atoms with Crippen LogP contribution in [0.1, 0.15) is 75.9 Å². The summed E-state index contributed by atoms with van der Waals surface area (Å²) in [4.78, 5) is 4.34. The van der Waals surface area contributed by atoms with Gasteiger partial charge in [-0.1, -0.05) is 32.8 Å². The van der Waals surface area contributed by atoms with E-state index in [1.807, 2.05) is 31.2 Å². The molecule has 0 amide bonds. The van der Waals surface area contributed by atoms with Gasteiger partial charge in [0.2, 0.25) is 0 Å². The maximum absolute atomic E-state index is 9.84. The zero-order chi connectivity index (χ0) is 18.9. The Labute approximate surface area is 156 Å². The smallest absolute Gasteiger partial charge is 0.123 e. The highest BCUT2D eigenvalue weighted by molar-refractivity contribution is 5.50. The molecule has 0 saturated heterocycles. The van der Waals surface area contributed by atoms with E-state index >= 15 is 0 Å². The molecule has 3 heteroatoms. The number of ether oxygens (including phenoxy) is 1. The van der Waals surface area contributed by atoms with Gasteiger partial charge in [-0.3, -0.25) is 0 Å². The second-order valence-corrected chi connectivity index (χ2v) is 8.28. The van der Waals surface area contributed by atoms with Crippen molar-refractivity contribution in [3.63, 3.8) is 0 Å². The third kappa shape index (κ3) is 3.92. The molecule has 1 N–H and O–H groups in total. The number of rotatable bonds is 2. The summed E-state index contributed by atoms with van der Waals surface area (Å²) in [6, 6.07) is 9.90. The quantitative estimate of drug-likeness (QED) is 0.795. The fraction of sp³-hybridized carbons (Fsp3) is 0.435. The lowest BCUT2D eigenvalue weighted by molar-refractivity contribution is 0.0534. The maximum atomic E-state index is 9.84. The Morgan fingerprint density at radius 2 is 1.92 bits per heavy atom. The number of nitrogens with zero attached hydrogens (tertiary/aromatic N) is 1. The van der Waals surface area contributed by atoms with Crippen molar-refractivity contribution in [1.29, 1.82) is 0 Å². The van der Waals surface area contributed by atoms with Gasteiger partial charge in [0.1, 0.15) is 17.0 Å². The van der Waals surface area contributed by atoms with Crippen molar-refractivity contribution in [2.45, 2.75) is 64.6 Å².